The molecule has 0 saturated heterocycles. The zero-order chi connectivity index (χ0) is 22.2. The normalized spacial score (nSPS) is 10.1. The average Bonchev–Trinajstić information content (AvgIpc) is 3.13. The summed E-state index contributed by atoms with van der Waals surface area (Å²) in [6, 6.07) is 17.1. The lowest BCUT2D eigenvalue weighted by Crippen LogP contribution is -2.06. The van der Waals surface area contributed by atoms with Crippen molar-refractivity contribution in [2.75, 3.05) is 0 Å². The summed E-state index contributed by atoms with van der Waals surface area (Å²) >= 11 is 0. The molecule has 0 amide bonds. The molecule has 0 aliphatic rings. The van der Waals surface area contributed by atoms with Crippen LogP contribution in [0, 0.1) is 12.7 Å². The van der Waals surface area contributed by atoms with Gasteiger partial charge < -0.3 is 9.15 Å². The first-order chi connectivity index (χ1) is 15.0. The summed E-state index contributed by atoms with van der Waals surface area (Å²) in [5.74, 6) is 1.88. The van der Waals surface area contributed by atoms with Crippen LogP contribution in [0.4, 0.5) is 4.39 Å². The van der Waals surface area contributed by atoms with E-state index in [0.29, 0.717) is 23.6 Å². The monoisotopic (exact) mass is 419 g/mol. The molecule has 0 spiro atoms. The van der Waals surface area contributed by atoms with Crippen LogP contribution in [0.5, 0.6) is 11.5 Å². The second kappa shape index (κ2) is 10.1. The van der Waals surface area contributed by atoms with Crippen molar-refractivity contribution in [3.63, 3.8) is 0 Å². The largest absolute Gasteiger partial charge is 0.456 e. The Bertz CT molecular complexity index is 1210. The van der Waals surface area contributed by atoms with Gasteiger partial charge in [-0.2, -0.15) is 9.59 Å². The number of hydrogen-bond acceptors (Lipinski definition) is 6. The number of Topliss-reactive ketones (excluding diaryl/α,β-unsaturated/α-hetero) is 1. The van der Waals surface area contributed by atoms with Gasteiger partial charge in [0.2, 0.25) is 5.71 Å². The van der Waals surface area contributed by atoms with Gasteiger partial charge in [0.25, 0.3) is 0 Å². The first kappa shape index (κ1) is 21.6. The van der Waals surface area contributed by atoms with E-state index in [-0.39, 0.29) is 24.2 Å². The fourth-order valence-electron chi connectivity index (χ4n) is 3.05. The molecular formula is C24H18FNO5. The van der Waals surface area contributed by atoms with Crippen LogP contribution in [0.2, 0.25) is 0 Å². The number of halogens is 1. The Balaban J connectivity index is 0.000000858. The van der Waals surface area contributed by atoms with Crippen molar-refractivity contribution in [1.29, 1.82) is 0 Å². The predicted octanol–water partition coefficient (Wildman–Crippen LogP) is 4.84. The van der Waals surface area contributed by atoms with Crippen LogP contribution in [0.25, 0.3) is 11.1 Å². The first-order valence-corrected chi connectivity index (χ1v) is 9.36. The van der Waals surface area contributed by atoms with Crippen molar-refractivity contribution in [2.24, 2.45) is 0 Å². The van der Waals surface area contributed by atoms with Gasteiger partial charge in [0.1, 0.15) is 28.9 Å². The van der Waals surface area contributed by atoms with Crippen molar-refractivity contribution in [1.82, 2.24) is 4.98 Å². The zero-order valence-corrected chi connectivity index (χ0v) is 16.6. The van der Waals surface area contributed by atoms with Crippen molar-refractivity contribution >= 4 is 23.0 Å². The number of aromatic nitrogens is 1. The predicted molar refractivity (Wildman–Crippen MR) is 109 cm³/mol. The second-order valence-electron chi connectivity index (χ2n) is 6.73. The number of pyridine rings is 1. The minimum atomic E-state index is -0.302. The Hall–Kier alpha value is -4.09. The number of carbonyl (C=O) groups is 1. The molecule has 0 bridgehead atoms. The highest BCUT2D eigenvalue weighted by Crippen LogP contribution is 2.30. The van der Waals surface area contributed by atoms with E-state index in [1.54, 1.807) is 24.4 Å². The van der Waals surface area contributed by atoms with Gasteiger partial charge in [-0.15, -0.1) is 0 Å². The summed E-state index contributed by atoms with van der Waals surface area (Å²) in [7, 11) is 0. The van der Waals surface area contributed by atoms with Crippen LogP contribution in [0.15, 0.2) is 71.3 Å². The molecule has 0 unspecified atom stereocenters. The first-order valence-electron chi connectivity index (χ1n) is 9.36. The molecule has 0 aliphatic heterocycles. The van der Waals surface area contributed by atoms with Gasteiger partial charge in [0.15, 0.2) is 0 Å². The summed E-state index contributed by atoms with van der Waals surface area (Å²) < 4.78 is 24.4. The molecule has 2 aromatic carbocycles. The summed E-state index contributed by atoms with van der Waals surface area (Å²) in [4.78, 5) is 32.7. The summed E-state index contributed by atoms with van der Waals surface area (Å²) in [5.41, 5.74) is 2.25. The van der Waals surface area contributed by atoms with Crippen molar-refractivity contribution in [3.8, 4) is 11.5 Å². The number of aryl methyl sites for hydroxylation is 1. The fourth-order valence-corrected chi connectivity index (χ4v) is 3.05. The number of rotatable bonds is 6. The van der Waals surface area contributed by atoms with Gasteiger partial charge in [0.05, 0.1) is 5.39 Å². The van der Waals surface area contributed by atoms with Crippen LogP contribution in [-0.4, -0.2) is 16.9 Å². The molecule has 0 aliphatic carbocycles. The number of nitrogens with zero attached hydrogens (tertiary/aromatic N) is 1. The lowest BCUT2D eigenvalue weighted by Gasteiger charge is -2.07. The SMILES string of the molecule is Cc1cc2c(Oc3ccc(CC(=O)Cc4ccc(F)cc4)cc3)ccnc2o1.O=C=O. The zero-order valence-electron chi connectivity index (χ0n) is 16.6. The molecule has 31 heavy (non-hydrogen) atoms. The maximum atomic E-state index is 12.9. The molecule has 4 aromatic rings. The van der Waals surface area contributed by atoms with Gasteiger partial charge in [-0.3, -0.25) is 4.79 Å². The highest BCUT2D eigenvalue weighted by Gasteiger charge is 2.10. The molecule has 4 rings (SSSR count). The highest BCUT2D eigenvalue weighted by molar-refractivity contribution is 5.83. The molecule has 156 valence electrons. The summed E-state index contributed by atoms with van der Waals surface area (Å²) in [5, 5.41) is 0.818. The van der Waals surface area contributed by atoms with Crippen LogP contribution in [0.3, 0.4) is 0 Å². The van der Waals surface area contributed by atoms with Crippen molar-refractivity contribution in [2.45, 2.75) is 19.8 Å². The minimum Gasteiger partial charge on any atom is -0.456 e. The Morgan fingerprint density at radius 1 is 1.00 bits per heavy atom. The highest BCUT2D eigenvalue weighted by atomic mass is 19.1. The van der Waals surface area contributed by atoms with E-state index in [1.165, 1.54) is 12.1 Å². The quantitative estimate of drug-likeness (QED) is 0.445. The van der Waals surface area contributed by atoms with E-state index in [0.717, 1.165) is 22.3 Å². The third-order valence-corrected chi connectivity index (χ3v) is 4.39. The molecular weight excluding hydrogens is 401 g/mol. The Morgan fingerprint density at radius 2 is 1.58 bits per heavy atom. The van der Waals surface area contributed by atoms with Gasteiger partial charge in [-0.25, -0.2) is 9.37 Å². The Labute approximate surface area is 177 Å². The van der Waals surface area contributed by atoms with Gasteiger partial charge in [-0.1, -0.05) is 24.3 Å². The van der Waals surface area contributed by atoms with E-state index >= 15 is 0 Å². The third kappa shape index (κ3) is 5.95. The van der Waals surface area contributed by atoms with Crippen LogP contribution in [0.1, 0.15) is 16.9 Å². The van der Waals surface area contributed by atoms with Gasteiger partial charge >= 0.3 is 6.15 Å². The average molecular weight is 419 g/mol. The molecule has 0 fully saturated rings. The maximum Gasteiger partial charge on any atom is 0.373 e. The van der Waals surface area contributed by atoms with Crippen molar-refractivity contribution < 1.29 is 27.9 Å². The van der Waals surface area contributed by atoms with E-state index in [4.69, 9.17) is 18.7 Å². The molecule has 0 saturated carbocycles. The number of hydrogen-bond donors (Lipinski definition) is 0. The number of ether oxygens (including phenoxy) is 1. The number of fused-ring (bicyclic) bond motifs is 1. The van der Waals surface area contributed by atoms with Crippen LogP contribution in [-0.2, 0) is 27.2 Å². The smallest absolute Gasteiger partial charge is 0.373 e. The number of ketones is 1. The van der Waals surface area contributed by atoms with Crippen molar-refractivity contribution in [3.05, 3.63) is 89.6 Å². The number of carbonyl (C=O) groups excluding carboxylic acids is 3. The molecule has 7 heteroatoms. The molecule has 2 heterocycles. The number of benzene rings is 2. The second-order valence-corrected chi connectivity index (χ2v) is 6.73. The number of furan rings is 1. The molecule has 0 N–H and O–H groups in total. The standard InChI is InChI=1S/C23H18FNO3.CO2/c1-15-12-21-22(10-11-25-23(21)27-15)28-20-8-4-17(5-9-20)14-19(26)13-16-2-6-18(24)7-3-16;2-1-3/h2-12H,13-14H2,1H3;. The van der Waals surface area contributed by atoms with Crippen LogP contribution >= 0.6 is 0 Å². The lowest BCUT2D eigenvalue weighted by atomic mass is 10.0. The Kier molecular flexibility index (Phi) is 7.04. The van der Waals surface area contributed by atoms with E-state index in [9.17, 15) is 9.18 Å². The third-order valence-electron chi connectivity index (χ3n) is 4.39. The van der Waals surface area contributed by atoms with Crippen LogP contribution < -0.4 is 4.74 Å². The minimum absolute atomic E-state index is 0.0741. The summed E-state index contributed by atoms with van der Waals surface area (Å²) in [6.07, 6.45) is 2.49. The maximum absolute atomic E-state index is 12.9. The Morgan fingerprint density at radius 3 is 2.19 bits per heavy atom. The lowest BCUT2D eigenvalue weighted by molar-refractivity contribution is -0.191. The van der Waals surface area contributed by atoms with E-state index < -0.39 is 0 Å². The topological polar surface area (TPSA) is 86.5 Å². The fraction of sp³-hybridized carbons (Fsp3) is 0.125. The molecule has 2 aromatic heterocycles. The molecule has 0 radical (unpaired) electrons. The van der Waals surface area contributed by atoms with Gasteiger partial charge in [0, 0.05) is 25.1 Å². The summed E-state index contributed by atoms with van der Waals surface area (Å²) in [6.45, 7) is 1.86. The van der Waals surface area contributed by atoms with E-state index in [2.05, 4.69) is 4.98 Å². The molecule has 0 atom stereocenters. The van der Waals surface area contributed by atoms with E-state index in [1.807, 2.05) is 37.3 Å². The molecule has 6 nitrogen and oxygen atoms in total. The van der Waals surface area contributed by atoms with Gasteiger partial charge in [-0.05, 0) is 48.4 Å².